The van der Waals surface area contributed by atoms with Crippen molar-refractivity contribution in [3.05, 3.63) is 191 Å². The number of para-hydroxylation sites is 4. The fraction of sp³-hybridized carbons (Fsp3) is 0. The van der Waals surface area contributed by atoms with Crippen molar-refractivity contribution in [2.75, 3.05) is 0 Å². The van der Waals surface area contributed by atoms with E-state index in [9.17, 15) is 9.59 Å². The standard InChI is InChI=1S/C50H28N2O2/c53-49-41-24-22-33(27-43(41)39-14-6-12-37-35-10-1-3-16-45(35)51(49)47(37)39)30-20-18-29(19-21-30)31-8-5-9-32(26-31)34-23-25-42-44(28-34)40-15-7-13-38-36-11-2-4-17-46(36)52(48(38)40)50(42)54/h1-28H. The summed E-state index contributed by atoms with van der Waals surface area (Å²) in [6.45, 7) is 0. The van der Waals surface area contributed by atoms with Gasteiger partial charge in [0.05, 0.1) is 22.1 Å². The second-order valence-electron chi connectivity index (χ2n) is 14.4. The summed E-state index contributed by atoms with van der Waals surface area (Å²) in [4.78, 5) is 27.8. The third-order valence-corrected chi connectivity index (χ3v) is 11.6. The molecule has 0 aliphatic carbocycles. The van der Waals surface area contributed by atoms with Gasteiger partial charge < -0.3 is 0 Å². The summed E-state index contributed by atoms with van der Waals surface area (Å²) in [6.07, 6.45) is 0. The molecule has 0 radical (unpaired) electrons. The zero-order valence-electron chi connectivity index (χ0n) is 28.9. The highest BCUT2D eigenvalue weighted by molar-refractivity contribution is 6.21. The summed E-state index contributed by atoms with van der Waals surface area (Å²) in [5.41, 5.74) is 10.4. The Morgan fingerprint density at radius 1 is 0.259 bits per heavy atom. The molecule has 4 heterocycles. The van der Waals surface area contributed by atoms with Crippen LogP contribution in [0.2, 0.25) is 0 Å². The molecule has 0 atom stereocenters. The lowest BCUT2D eigenvalue weighted by Gasteiger charge is -2.11. The van der Waals surface area contributed by atoms with E-state index < -0.39 is 0 Å². The van der Waals surface area contributed by atoms with Crippen LogP contribution in [0, 0.1) is 0 Å². The van der Waals surface area contributed by atoms with Crippen LogP contribution in [0.25, 0.3) is 109 Å². The zero-order chi connectivity index (χ0) is 35.7. The lowest BCUT2D eigenvalue weighted by molar-refractivity contribution is 1.21. The Kier molecular flexibility index (Phi) is 5.76. The Balaban J connectivity index is 0.939. The van der Waals surface area contributed by atoms with Crippen LogP contribution in [0.3, 0.4) is 0 Å². The van der Waals surface area contributed by atoms with E-state index in [0.29, 0.717) is 0 Å². The van der Waals surface area contributed by atoms with E-state index in [0.717, 1.165) is 109 Å². The zero-order valence-corrected chi connectivity index (χ0v) is 28.9. The van der Waals surface area contributed by atoms with Crippen molar-refractivity contribution in [3.8, 4) is 33.4 Å². The number of rotatable bonds is 3. The molecule has 0 unspecified atom stereocenters. The van der Waals surface area contributed by atoms with Crippen LogP contribution in [0.5, 0.6) is 0 Å². The number of hydrogen-bond donors (Lipinski definition) is 0. The van der Waals surface area contributed by atoms with E-state index in [-0.39, 0.29) is 11.1 Å². The van der Waals surface area contributed by atoms with Crippen LogP contribution in [-0.4, -0.2) is 8.80 Å². The SMILES string of the molecule is O=c1c2ccc(-c3ccc(-c4cccc(-c5ccc6c(=O)n7c8ccccc8c8cccc(c6c5)c87)c4)cc3)cc2c2cccc3c4ccccc4n1c23. The van der Waals surface area contributed by atoms with Crippen LogP contribution in [0.15, 0.2) is 179 Å². The molecule has 12 rings (SSSR count). The molecule has 4 aromatic heterocycles. The van der Waals surface area contributed by atoms with Crippen molar-refractivity contribution in [2.45, 2.75) is 0 Å². The molecule has 8 aromatic carbocycles. The lowest BCUT2D eigenvalue weighted by atomic mass is 9.94. The molecule has 250 valence electrons. The highest BCUT2D eigenvalue weighted by Crippen LogP contribution is 2.38. The first-order valence-corrected chi connectivity index (χ1v) is 18.3. The lowest BCUT2D eigenvalue weighted by Crippen LogP contribution is -2.12. The molecule has 0 fully saturated rings. The van der Waals surface area contributed by atoms with Crippen LogP contribution < -0.4 is 11.1 Å². The molecule has 0 bridgehead atoms. The summed E-state index contributed by atoms with van der Waals surface area (Å²) in [5.74, 6) is 0. The van der Waals surface area contributed by atoms with E-state index in [1.165, 1.54) is 0 Å². The van der Waals surface area contributed by atoms with Gasteiger partial charge in [-0.3, -0.25) is 18.4 Å². The maximum Gasteiger partial charge on any atom is 0.263 e. The van der Waals surface area contributed by atoms with Crippen molar-refractivity contribution in [3.63, 3.8) is 0 Å². The largest absolute Gasteiger partial charge is 0.275 e. The molecule has 0 N–H and O–H groups in total. The molecule has 12 aromatic rings. The minimum atomic E-state index is 0.0148. The summed E-state index contributed by atoms with van der Waals surface area (Å²) in [6, 6.07) is 58.7. The van der Waals surface area contributed by atoms with Crippen molar-refractivity contribution in [1.82, 2.24) is 8.80 Å². The predicted octanol–water partition coefficient (Wildman–Crippen LogP) is 11.7. The van der Waals surface area contributed by atoms with E-state index in [4.69, 9.17) is 0 Å². The fourth-order valence-electron chi connectivity index (χ4n) is 9.13. The average molecular weight is 689 g/mol. The minimum absolute atomic E-state index is 0.0148. The van der Waals surface area contributed by atoms with Gasteiger partial charge in [-0.2, -0.15) is 0 Å². The first-order chi connectivity index (χ1) is 26.6. The molecular formula is C50H28N2O2. The number of fused-ring (bicyclic) bond motifs is 10. The first-order valence-electron chi connectivity index (χ1n) is 18.3. The van der Waals surface area contributed by atoms with Gasteiger partial charge in [-0.1, -0.05) is 127 Å². The van der Waals surface area contributed by atoms with Gasteiger partial charge in [0.15, 0.2) is 0 Å². The summed E-state index contributed by atoms with van der Waals surface area (Å²) >= 11 is 0. The van der Waals surface area contributed by atoms with Crippen LogP contribution >= 0.6 is 0 Å². The summed E-state index contributed by atoms with van der Waals surface area (Å²) < 4.78 is 3.77. The van der Waals surface area contributed by atoms with Gasteiger partial charge in [0, 0.05) is 43.1 Å². The fourth-order valence-corrected chi connectivity index (χ4v) is 9.13. The molecule has 4 heteroatoms. The van der Waals surface area contributed by atoms with Crippen LogP contribution in [0.1, 0.15) is 0 Å². The third kappa shape index (κ3) is 3.86. The first kappa shape index (κ1) is 29.3. The second kappa shape index (κ2) is 10.6. The van der Waals surface area contributed by atoms with Crippen molar-refractivity contribution < 1.29 is 0 Å². The van der Waals surface area contributed by atoms with Crippen LogP contribution in [-0.2, 0) is 0 Å². The molecule has 54 heavy (non-hydrogen) atoms. The minimum Gasteiger partial charge on any atom is -0.275 e. The van der Waals surface area contributed by atoms with Gasteiger partial charge in [0.25, 0.3) is 11.1 Å². The van der Waals surface area contributed by atoms with Gasteiger partial charge >= 0.3 is 0 Å². The number of nitrogens with zero attached hydrogens (tertiary/aromatic N) is 2. The smallest absolute Gasteiger partial charge is 0.263 e. The van der Waals surface area contributed by atoms with Gasteiger partial charge in [0.2, 0.25) is 0 Å². The van der Waals surface area contributed by atoms with Crippen molar-refractivity contribution in [2.24, 2.45) is 0 Å². The highest BCUT2D eigenvalue weighted by atomic mass is 16.1. The Labute approximate surface area is 307 Å². The van der Waals surface area contributed by atoms with E-state index in [1.54, 1.807) is 0 Å². The molecule has 4 nitrogen and oxygen atoms in total. The van der Waals surface area contributed by atoms with Gasteiger partial charge in [-0.15, -0.1) is 0 Å². The Morgan fingerprint density at radius 3 is 1.11 bits per heavy atom. The van der Waals surface area contributed by atoms with Crippen molar-refractivity contribution in [1.29, 1.82) is 0 Å². The third-order valence-electron chi connectivity index (χ3n) is 11.6. The normalized spacial score (nSPS) is 12.2. The number of benzene rings is 8. The van der Waals surface area contributed by atoms with E-state index in [2.05, 4.69) is 121 Å². The highest BCUT2D eigenvalue weighted by Gasteiger charge is 2.19. The number of aromatic nitrogens is 2. The second-order valence-corrected chi connectivity index (χ2v) is 14.4. The van der Waals surface area contributed by atoms with Gasteiger partial charge in [0.1, 0.15) is 0 Å². The van der Waals surface area contributed by atoms with E-state index >= 15 is 0 Å². The van der Waals surface area contributed by atoms with Crippen LogP contribution in [0.4, 0.5) is 0 Å². The average Bonchev–Trinajstić information content (AvgIpc) is 3.76. The quantitative estimate of drug-likeness (QED) is 0.173. The maximum atomic E-state index is 13.9. The number of hydrogen-bond acceptors (Lipinski definition) is 2. The predicted molar refractivity (Wildman–Crippen MR) is 225 cm³/mol. The molecular weight excluding hydrogens is 661 g/mol. The molecule has 0 aliphatic rings. The molecule has 0 spiro atoms. The molecule has 0 saturated heterocycles. The van der Waals surface area contributed by atoms with E-state index in [1.807, 2.05) is 57.3 Å². The maximum absolute atomic E-state index is 13.9. The van der Waals surface area contributed by atoms with Gasteiger partial charge in [-0.25, -0.2) is 0 Å². The summed E-state index contributed by atoms with van der Waals surface area (Å²) in [7, 11) is 0. The monoisotopic (exact) mass is 688 g/mol. The van der Waals surface area contributed by atoms with Gasteiger partial charge in [-0.05, 0) is 86.6 Å². The molecule has 0 saturated carbocycles. The molecule has 0 aliphatic heterocycles. The summed E-state index contributed by atoms with van der Waals surface area (Å²) in [5, 5.41) is 9.94. The number of pyridine rings is 2. The Hall–Kier alpha value is -7.30. The Morgan fingerprint density at radius 2 is 0.611 bits per heavy atom. The Bertz CT molecular complexity index is 3650. The molecule has 0 amide bonds. The topological polar surface area (TPSA) is 43.0 Å². The van der Waals surface area contributed by atoms with Crippen molar-refractivity contribution >= 4 is 75.9 Å².